The Balaban J connectivity index is 1.25. The van der Waals surface area contributed by atoms with Crippen LogP contribution in [0.3, 0.4) is 0 Å². The van der Waals surface area contributed by atoms with Crippen LogP contribution < -0.4 is 14.8 Å². The summed E-state index contributed by atoms with van der Waals surface area (Å²) < 4.78 is 12.2. The van der Waals surface area contributed by atoms with E-state index in [0.717, 1.165) is 66.1 Å². The zero-order chi connectivity index (χ0) is 23.7. The summed E-state index contributed by atoms with van der Waals surface area (Å²) >= 11 is 6.27. The Labute approximate surface area is 206 Å². The van der Waals surface area contributed by atoms with E-state index < -0.39 is 0 Å². The maximum atomic E-state index is 6.27. The monoisotopic (exact) mass is 477 g/mol. The van der Waals surface area contributed by atoms with Crippen LogP contribution in [-0.2, 0) is 6.54 Å². The van der Waals surface area contributed by atoms with Gasteiger partial charge in [0.15, 0.2) is 11.5 Å². The van der Waals surface area contributed by atoms with Crippen molar-refractivity contribution in [2.24, 2.45) is 0 Å². The number of likely N-dealkylation sites (tertiary alicyclic amines) is 1. The Kier molecular flexibility index (Phi) is 6.41. The number of anilines is 1. The van der Waals surface area contributed by atoms with E-state index in [1.54, 1.807) is 0 Å². The summed E-state index contributed by atoms with van der Waals surface area (Å²) in [6, 6.07) is 14.9. The van der Waals surface area contributed by atoms with E-state index in [1.165, 1.54) is 5.56 Å². The minimum Gasteiger partial charge on any atom is -0.490 e. The number of hydrogen-bond donors (Lipinski definition) is 1. The van der Waals surface area contributed by atoms with E-state index in [2.05, 4.69) is 65.5 Å². The molecule has 2 aliphatic rings. The first-order valence-electron chi connectivity index (χ1n) is 12.1. The number of halogens is 1. The van der Waals surface area contributed by atoms with Crippen LogP contribution in [0.1, 0.15) is 44.7 Å². The van der Waals surface area contributed by atoms with Gasteiger partial charge in [-0.2, -0.15) is 0 Å². The highest BCUT2D eigenvalue weighted by molar-refractivity contribution is 6.30. The summed E-state index contributed by atoms with van der Waals surface area (Å²) in [6.45, 7) is 9.71. The third kappa shape index (κ3) is 5.01. The van der Waals surface area contributed by atoms with Gasteiger partial charge in [0.1, 0.15) is 16.6 Å². The molecule has 0 unspecified atom stereocenters. The van der Waals surface area contributed by atoms with E-state index in [9.17, 15) is 0 Å². The lowest BCUT2D eigenvalue weighted by Gasteiger charge is -2.33. The molecule has 0 spiro atoms. The minimum absolute atomic E-state index is 0.321. The highest BCUT2D eigenvalue weighted by Crippen LogP contribution is 2.40. The number of piperidine rings is 1. The third-order valence-electron chi connectivity index (χ3n) is 6.52. The number of rotatable bonds is 6. The second kappa shape index (κ2) is 9.47. The molecule has 3 heterocycles. The lowest BCUT2D eigenvalue weighted by Crippen LogP contribution is -2.38. The van der Waals surface area contributed by atoms with Crippen LogP contribution in [-0.4, -0.2) is 41.2 Å². The predicted octanol–water partition coefficient (Wildman–Crippen LogP) is 6.55. The van der Waals surface area contributed by atoms with Crippen LogP contribution in [0.4, 0.5) is 5.82 Å². The largest absolute Gasteiger partial charge is 0.490 e. The number of ether oxygens (including phenoxy) is 2. The lowest BCUT2D eigenvalue weighted by atomic mass is 9.99. The molecule has 1 saturated heterocycles. The first-order valence-corrected chi connectivity index (χ1v) is 12.5. The number of aromatic nitrogens is 1. The smallest absolute Gasteiger partial charge is 0.169 e. The molecule has 0 radical (unpaired) electrons. The maximum Gasteiger partial charge on any atom is 0.169 e. The quantitative estimate of drug-likeness (QED) is 0.408. The molecule has 2 aliphatic heterocycles. The van der Waals surface area contributed by atoms with Crippen LogP contribution >= 0.6 is 11.6 Å². The van der Waals surface area contributed by atoms with Crippen LogP contribution in [0.5, 0.6) is 11.5 Å². The lowest BCUT2D eigenvalue weighted by molar-refractivity contribution is 0.149. The third-order valence-corrected chi connectivity index (χ3v) is 6.71. The maximum absolute atomic E-state index is 6.27. The van der Waals surface area contributed by atoms with E-state index in [0.29, 0.717) is 17.8 Å². The molecule has 1 fully saturated rings. The topological polar surface area (TPSA) is 46.6 Å². The van der Waals surface area contributed by atoms with Gasteiger partial charge in [-0.1, -0.05) is 41.9 Å². The summed E-state index contributed by atoms with van der Waals surface area (Å²) in [5, 5.41) is 6.41. The van der Waals surface area contributed by atoms with Gasteiger partial charge in [0.05, 0.1) is 6.61 Å². The van der Waals surface area contributed by atoms with Crippen LogP contribution in [0.15, 0.2) is 48.5 Å². The highest BCUT2D eigenvalue weighted by atomic mass is 35.5. The van der Waals surface area contributed by atoms with Crippen molar-refractivity contribution in [3.63, 3.8) is 0 Å². The van der Waals surface area contributed by atoms with Crippen molar-refractivity contribution >= 4 is 34.3 Å². The van der Waals surface area contributed by atoms with E-state index in [-0.39, 0.29) is 5.60 Å². The number of nitrogens with zero attached hydrogens (tertiary/aromatic N) is 2. The molecule has 3 aromatic rings. The van der Waals surface area contributed by atoms with Crippen LogP contribution in [0, 0.1) is 0 Å². The summed E-state index contributed by atoms with van der Waals surface area (Å²) in [5.41, 5.74) is 2.03. The van der Waals surface area contributed by atoms with Gasteiger partial charge >= 0.3 is 0 Å². The molecule has 1 N–H and O–H groups in total. The number of nitrogens with one attached hydrogen (secondary N) is 1. The molecule has 6 heteroatoms. The van der Waals surface area contributed by atoms with Crippen molar-refractivity contribution in [2.75, 3.05) is 25.0 Å². The molecule has 178 valence electrons. The molecule has 0 atom stereocenters. The molecular formula is C28H32ClN3O2. The molecule has 5 rings (SSSR count). The number of hydrogen-bond acceptors (Lipinski definition) is 5. The van der Waals surface area contributed by atoms with Crippen molar-refractivity contribution in [2.45, 2.75) is 51.8 Å². The zero-order valence-electron chi connectivity index (χ0n) is 20.1. The number of benzene rings is 2. The van der Waals surface area contributed by atoms with Gasteiger partial charge in [0, 0.05) is 36.6 Å². The summed E-state index contributed by atoms with van der Waals surface area (Å²) in [5.74, 6) is 2.57. The Morgan fingerprint density at radius 1 is 1.18 bits per heavy atom. The van der Waals surface area contributed by atoms with Crippen molar-refractivity contribution in [1.82, 2.24) is 9.88 Å². The minimum atomic E-state index is -0.321. The van der Waals surface area contributed by atoms with Crippen molar-refractivity contribution in [3.8, 4) is 11.5 Å². The standard InChI is InChI=1S/C28H32ClN3O2/c1-4-33-24-16-19(15-21-9-12-28(2,3)34-26(21)24)18-32-13-10-22(11-14-32)30-27-23-8-6-5-7-20(23)17-25(29)31-27/h5-9,12,15-17,22H,4,10-11,13-14,18H2,1-3H3,(H,30,31). The predicted molar refractivity (Wildman–Crippen MR) is 140 cm³/mol. The van der Waals surface area contributed by atoms with Crippen molar-refractivity contribution in [3.05, 3.63) is 64.8 Å². The number of pyridine rings is 1. The summed E-state index contributed by atoms with van der Waals surface area (Å²) in [4.78, 5) is 7.08. The van der Waals surface area contributed by atoms with E-state index in [1.807, 2.05) is 25.1 Å². The van der Waals surface area contributed by atoms with Gasteiger partial charge in [-0.15, -0.1) is 0 Å². The molecular weight excluding hydrogens is 446 g/mol. The van der Waals surface area contributed by atoms with Gasteiger partial charge < -0.3 is 14.8 Å². The van der Waals surface area contributed by atoms with E-state index >= 15 is 0 Å². The Hall–Kier alpha value is -2.76. The molecule has 0 bridgehead atoms. The fraction of sp³-hybridized carbons (Fsp3) is 0.393. The first kappa shape index (κ1) is 23.0. The SMILES string of the molecule is CCOc1cc(CN2CCC(Nc3nc(Cl)cc4ccccc34)CC2)cc2c1OC(C)(C)C=C2. The Morgan fingerprint density at radius 2 is 1.97 bits per heavy atom. The van der Waals surface area contributed by atoms with E-state index in [4.69, 9.17) is 21.1 Å². The second-order valence-corrected chi connectivity index (χ2v) is 10.1. The van der Waals surface area contributed by atoms with Gasteiger partial charge in [-0.05, 0) is 68.8 Å². The van der Waals surface area contributed by atoms with Gasteiger partial charge in [-0.25, -0.2) is 4.98 Å². The first-order chi connectivity index (χ1) is 16.4. The molecule has 34 heavy (non-hydrogen) atoms. The van der Waals surface area contributed by atoms with Crippen molar-refractivity contribution in [1.29, 1.82) is 0 Å². The fourth-order valence-electron chi connectivity index (χ4n) is 4.82. The van der Waals surface area contributed by atoms with Gasteiger partial charge in [-0.3, -0.25) is 4.90 Å². The normalized spacial score (nSPS) is 17.9. The average Bonchev–Trinajstić information content (AvgIpc) is 2.80. The summed E-state index contributed by atoms with van der Waals surface area (Å²) in [7, 11) is 0. The molecule has 2 aromatic carbocycles. The van der Waals surface area contributed by atoms with Gasteiger partial charge in [0.25, 0.3) is 0 Å². The van der Waals surface area contributed by atoms with Crippen molar-refractivity contribution < 1.29 is 9.47 Å². The molecule has 0 aliphatic carbocycles. The summed E-state index contributed by atoms with van der Waals surface area (Å²) in [6.07, 6.45) is 6.38. The molecule has 1 aromatic heterocycles. The fourth-order valence-corrected chi connectivity index (χ4v) is 5.02. The van der Waals surface area contributed by atoms with Crippen LogP contribution in [0.25, 0.3) is 16.8 Å². The van der Waals surface area contributed by atoms with Gasteiger partial charge in [0.2, 0.25) is 0 Å². The molecule has 5 nitrogen and oxygen atoms in total. The zero-order valence-corrected chi connectivity index (χ0v) is 20.9. The molecule has 0 saturated carbocycles. The number of fused-ring (bicyclic) bond motifs is 2. The average molecular weight is 478 g/mol. The Morgan fingerprint density at radius 3 is 2.76 bits per heavy atom. The second-order valence-electron chi connectivity index (χ2n) is 9.69. The molecule has 0 amide bonds. The van der Waals surface area contributed by atoms with Crippen LogP contribution in [0.2, 0.25) is 5.15 Å². The Bertz CT molecular complexity index is 1220. The highest BCUT2D eigenvalue weighted by Gasteiger charge is 2.26.